The lowest BCUT2D eigenvalue weighted by molar-refractivity contribution is -0.385. The Morgan fingerprint density at radius 1 is 1.50 bits per heavy atom. The van der Waals surface area contributed by atoms with Gasteiger partial charge in [0.15, 0.2) is 5.65 Å². The number of aromatic nitrogens is 3. The molecular weight excluding hydrogens is 236 g/mol. The van der Waals surface area contributed by atoms with Crippen LogP contribution in [0.4, 0.5) is 5.69 Å². The zero-order valence-corrected chi connectivity index (χ0v) is 10.5. The van der Waals surface area contributed by atoms with Crippen molar-refractivity contribution in [2.24, 2.45) is 0 Å². The average molecular weight is 250 g/mol. The number of fused-ring (bicyclic) bond motifs is 1. The minimum Gasteiger partial charge on any atom is -0.290 e. The van der Waals surface area contributed by atoms with E-state index < -0.39 is 4.92 Å². The molecule has 2 heterocycles. The van der Waals surface area contributed by atoms with Crippen molar-refractivity contribution in [3.8, 4) is 0 Å². The van der Waals surface area contributed by atoms with E-state index in [1.807, 2.05) is 20.8 Å². The lowest BCUT2D eigenvalue weighted by Gasteiger charge is -2.04. The highest BCUT2D eigenvalue weighted by Gasteiger charge is 2.18. The third kappa shape index (κ3) is 1.68. The predicted octanol–water partition coefficient (Wildman–Crippen LogP) is 1.71. The predicted molar refractivity (Wildman–Crippen MR) is 66.7 cm³/mol. The van der Waals surface area contributed by atoms with Crippen molar-refractivity contribution >= 4 is 16.9 Å². The van der Waals surface area contributed by atoms with Gasteiger partial charge < -0.3 is 0 Å². The highest BCUT2D eigenvalue weighted by atomic mass is 16.6. The summed E-state index contributed by atoms with van der Waals surface area (Å²) in [5.41, 5.74) is 0.703. The smallest absolute Gasteiger partial charge is 0.290 e. The molecule has 18 heavy (non-hydrogen) atoms. The second-order valence-electron chi connectivity index (χ2n) is 4.28. The molecule has 0 radical (unpaired) electrons. The molecule has 2 aromatic heterocycles. The van der Waals surface area contributed by atoms with Gasteiger partial charge >= 0.3 is 5.69 Å². The summed E-state index contributed by atoms with van der Waals surface area (Å²) in [5.74, 6) is 0. The molecule has 2 rings (SSSR count). The Labute approximate surface area is 103 Å². The van der Waals surface area contributed by atoms with Gasteiger partial charge in [0, 0.05) is 18.7 Å². The molecule has 96 valence electrons. The molecule has 0 saturated heterocycles. The third-order valence-electron chi connectivity index (χ3n) is 2.83. The first kappa shape index (κ1) is 12.3. The molecule has 0 saturated carbocycles. The van der Waals surface area contributed by atoms with Gasteiger partial charge in [0.2, 0.25) is 0 Å². The topological polar surface area (TPSA) is 83.0 Å². The molecular formula is C11H14N4O3. The zero-order chi connectivity index (χ0) is 13.4. The summed E-state index contributed by atoms with van der Waals surface area (Å²) >= 11 is 0. The number of hydrogen-bond acceptors (Lipinski definition) is 4. The van der Waals surface area contributed by atoms with E-state index in [2.05, 4.69) is 4.98 Å². The first-order valence-corrected chi connectivity index (χ1v) is 5.72. The van der Waals surface area contributed by atoms with Crippen LogP contribution in [0, 0.1) is 10.1 Å². The van der Waals surface area contributed by atoms with Crippen molar-refractivity contribution in [1.82, 2.24) is 14.1 Å². The van der Waals surface area contributed by atoms with Gasteiger partial charge in [0.25, 0.3) is 5.69 Å². The van der Waals surface area contributed by atoms with Crippen molar-refractivity contribution in [1.29, 1.82) is 0 Å². The number of nitro groups is 1. The Bertz CT molecular complexity index is 669. The maximum Gasteiger partial charge on any atom is 0.330 e. The Hall–Kier alpha value is -2.18. The highest BCUT2D eigenvalue weighted by molar-refractivity contribution is 5.74. The summed E-state index contributed by atoms with van der Waals surface area (Å²) in [6, 6.07) is 1.35. The fourth-order valence-electron chi connectivity index (χ4n) is 2.01. The maximum atomic E-state index is 12.2. The SMILES string of the molecule is CCn1c(=O)n(C(C)C)c2ncc([N+](=O)[O-])cc21. The number of hydrogen-bond donors (Lipinski definition) is 0. The average Bonchev–Trinajstić information content (AvgIpc) is 2.59. The molecule has 0 unspecified atom stereocenters. The van der Waals surface area contributed by atoms with Gasteiger partial charge in [0.05, 0.1) is 10.4 Å². The van der Waals surface area contributed by atoms with Crippen LogP contribution in [-0.2, 0) is 6.54 Å². The fraction of sp³-hybridized carbons (Fsp3) is 0.455. The molecule has 0 N–H and O–H groups in total. The monoisotopic (exact) mass is 250 g/mol. The standard InChI is InChI=1S/C11H14N4O3/c1-4-13-9-5-8(15(17)18)6-12-10(9)14(7(2)3)11(13)16/h5-7H,4H2,1-3H3. The molecule has 0 bridgehead atoms. The Morgan fingerprint density at radius 3 is 2.67 bits per heavy atom. The van der Waals surface area contributed by atoms with Crippen molar-refractivity contribution in [3.05, 3.63) is 32.9 Å². The molecule has 0 fully saturated rings. The van der Waals surface area contributed by atoms with Gasteiger partial charge in [-0.3, -0.25) is 19.2 Å². The van der Waals surface area contributed by atoms with Crippen LogP contribution in [0.3, 0.4) is 0 Å². The van der Waals surface area contributed by atoms with Crippen LogP contribution in [0.1, 0.15) is 26.8 Å². The maximum absolute atomic E-state index is 12.2. The molecule has 0 amide bonds. The number of pyridine rings is 1. The summed E-state index contributed by atoms with van der Waals surface area (Å²) < 4.78 is 3.04. The van der Waals surface area contributed by atoms with E-state index >= 15 is 0 Å². The summed E-state index contributed by atoms with van der Waals surface area (Å²) in [5, 5.41) is 10.7. The molecule has 0 spiro atoms. The van der Waals surface area contributed by atoms with E-state index in [-0.39, 0.29) is 17.4 Å². The van der Waals surface area contributed by atoms with E-state index in [4.69, 9.17) is 0 Å². The number of aryl methyl sites for hydroxylation is 1. The summed E-state index contributed by atoms with van der Waals surface area (Å²) in [7, 11) is 0. The Balaban J connectivity index is 2.87. The van der Waals surface area contributed by atoms with Crippen molar-refractivity contribution < 1.29 is 4.92 Å². The molecule has 0 aliphatic carbocycles. The fourth-order valence-corrected chi connectivity index (χ4v) is 2.01. The van der Waals surface area contributed by atoms with Gasteiger partial charge in [-0.15, -0.1) is 0 Å². The number of rotatable bonds is 3. The van der Waals surface area contributed by atoms with Crippen LogP contribution in [0.25, 0.3) is 11.2 Å². The van der Waals surface area contributed by atoms with E-state index in [0.717, 1.165) is 0 Å². The van der Waals surface area contributed by atoms with Gasteiger partial charge in [0.1, 0.15) is 6.20 Å². The van der Waals surface area contributed by atoms with Crippen LogP contribution in [0.5, 0.6) is 0 Å². The second-order valence-corrected chi connectivity index (χ2v) is 4.28. The Kier molecular flexibility index (Phi) is 2.90. The van der Waals surface area contributed by atoms with Crippen LogP contribution >= 0.6 is 0 Å². The molecule has 7 nitrogen and oxygen atoms in total. The normalized spacial score (nSPS) is 11.3. The summed E-state index contributed by atoms with van der Waals surface area (Å²) in [4.78, 5) is 26.4. The summed E-state index contributed by atoms with van der Waals surface area (Å²) in [6.07, 6.45) is 1.18. The van der Waals surface area contributed by atoms with E-state index in [0.29, 0.717) is 17.7 Å². The van der Waals surface area contributed by atoms with Gasteiger partial charge in [-0.25, -0.2) is 9.78 Å². The second kappa shape index (κ2) is 4.25. The largest absolute Gasteiger partial charge is 0.330 e. The first-order valence-electron chi connectivity index (χ1n) is 5.72. The molecule has 2 aromatic rings. The van der Waals surface area contributed by atoms with Gasteiger partial charge in [-0.1, -0.05) is 0 Å². The zero-order valence-electron chi connectivity index (χ0n) is 10.5. The molecule has 0 aliphatic heterocycles. The highest BCUT2D eigenvalue weighted by Crippen LogP contribution is 2.19. The third-order valence-corrected chi connectivity index (χ3v) is 2.83. The van der Waals surface area contributed by atoms with E-state index in [1.54, 1.807) is 4.57 Å². The number of imidazole rings is 1. The van der Waals surface area contributed by atoms with Gasteiger partial charge in [-0.2, -0.15) is 0 Å². The lowest BCUT2D eigenvalue weighted by atomic mass is 10.3. The van der Waals surface area contributed by atoms with Crippen LogP contribution in [0.15, 0.2) is 17.1 Å². The minimum atomic E-state index is -0.510. The van der Waals surface area contributed by atoms with Crippen LogP contribution in [-0.4, -0.2) is 19.0 Å². The Morgan fingerprint density at radius 2 is 2.17 bits per heavy atom. The van der Waals surface area contributed by atoms with Crippen molar-refractivity contribution in [2.45, 2.75) is 33.4 Å². The molecule has 0 aliphatic rings. The van der Waals surface area contributed by atoms with E-state index in [9.17, 15) is 14.9 Å². The van der Waals surface area contributed by atoms with E-state index in [1.165, 1.54) is 16.8 Å². The lowest BCUT2D eigenvalue weighted by Crippen LogP contribution is -2.25. The van der Waals surface area contributed by atoms with Crippen molar-refractivity contribution in [3.63, 3.8) is 0 Å². The molecule has 7 heteroatoms. The summed E-state index contributed by atoms with van der Waals surface area (Å²) in [6.45, 7) is 6.04. The quantitative estimate of drug-likeness (QED) is 0.613. The van der Waals surface area contributed by atoms with Gasteiger partial charge in [-0.05, 0) is 20.8 Å². The minimum absolute atomic E-state index is 0.0400. The molecule has 0 aromatic carbocycles. The van der Waals surface area contributed by atoms with Crippen LogP contribution < -0.4 is 5.69 Å². The van der Waals surface area contributed by atoms with Crippen molar-refractivity contribution in [2.75, 3.05) is 0 Å². The molecule has 0 atom stereocenters. The van der Waals surface area contributed by atoms with Crippen LogP contribution in [0.2, 0.25) is 0 Å². The number of nitrogens with zero attached hydrogens (tertiary/aromatic N) is 4. The first-order chi connectivity index (χ1) is 8.47.